The van der Waals surface area contributed by atoms with E-state index in [1.54, 1.807) is 0 Å². The normalized spacial score (nSPS) is 12.7. The summed E-state index contributed by atoms with van der Waals surface area (Å²) in [6.45, 7) is 3.29. The van der Waals surface area contributed by atoms with E-state index < -0.39 is 42.0 Å². The van der Waals surface area contributed by atoms with Crippen molar-refractivity contribution in [2.45, 2.75) is 33.4 Å². The molecule has 0 aliphatic carbocycles. The van der Waals surface area contributed by atoms with E-state index >= 15 is 4.39 Å². The molecule has 4 rings (SSSR count). The molecule has 0 aliphatic rings. The van der Waals surface area contributed by atoms with Crippen molar-refractivity contribution in [3.63, 3.8) is 0 Å². The third-order valence-corrected chi connectivity index (χ3v) is 5.25. The van der Waals surface area contributed by atoms with Gasteiger partial charge in [0.05, 0.1) is 22.9 Å². The summed E-state index contributed by atoms with van der Waals surface area (Å²) in [7, 11) is 0. The van der Waals surface area contributed by atoms with Gasteiger partial charge in [-0.2, -0.15) is 4.98 Å². The lowest BCUT2D eigenvalue weighted by atomic mass is 9.95. The number of fused-ring (bicyclic) bond motifs is 3. The van der Waals surface area contributed by atoms with Gasteiger partial charge in [0, 0.05) is 11.3 Å². The van der Waals surface area contributed by atoms with Gasteiger partial charge < -0.3 is 4.90 Å². The van der Waals surface area contributed by atoms with E-state index in [9.17, 15) is 22.0 Å². The lowest BCUT2D eigenvalue weighted by Crippen LogP contribution is -2.26. The van der Waals surface area contributed by atoms with Crippen LogP contribution in [-0.4, -0.2) is 38.7 Å². The van der Waals surface area contributed by atoms with Crippen molar-refractivity contribution >= 4 is 28.2 Å². The van der Waals surface area contributed by atoms with Gasteiger partial charge >= 0.3 is 0 Å². The van der Waals surface area contributed by atoms with Crippen LogP contribution in [-0.2, 0) is 0 Å². The molecule has 11 heteroatoms. The molecular weight excluding hydrogens is 472 g/mol. The zero-order valence-corrected chi connectivity index (χ0v) is 18.8. The summed E-state index contributed by atoms with van der Waals surface area (Å²) in [4.78, 5) is 5.41. The summed E-state index contributed by atoms with van der Waals surface area (Å²) < 4.78 is 85.8. The van der Waals surface area contributed by atoms with Crippen molar-refractivity contribution in [2.24, 2.45) is 5.41 Å². The Morgan fingerprint density at radius 1 is 1.09 bits per heavy atom. The number of aromatic nitrogens is 4. The van der Waals surface area contributed by atoms with E-state index in [4.69, 9.17) is 0 Å². The maximum Gasteiger partial charge on any atom is 0.257 e. The average Bonchev–Trinajstić information content (AvgIpc) is 3.26. The molecule has 0 fully saturated rings. The predicted octanol–water partition coefficient (Wildman–Crippen LogP) is 5.83. The second-order valence-electron chi connectivity index (χ2n) is 8.55. The van der Waals surface area contributed by atoms with Crippen molar-refractivity contribution < 1.29 is 26.3 Å². The number of benzene rings is 2. The zero-order valence-electron chi connectivity index (χ0n) is 18.8. The monoisotopic (exact) mass is 491 g/mol. The summed E-state index contributed by atoms with van der Waals surface area (Å²) >= 11 is 0. The number of halogens is 6. The van der Waals surface area contributed by atoms with Gasteiger partial charge in [-0.1, -0.05) is 11.8 Å². The minimum Gasteiger partial charge on any atom is -0.323 e. The molecule has 2 heterocycles. The summed E-state index contributed by atoms with van der Waals surface area (Å²) in [6.07, 6.45) is -2.99. The number of alkyl halides is 3. The second kappa shape index (κ2) is 9.09. The fourth-order valence-corrected chi connectivity index (χ4v) is 3.43. The summed E-state index contributed by atoms with van der Waals surface area (Å²) in [6, 6.07) is 5.61. The van der Waals surface area contributed by atoms with Gasteiger partial charge in [-0.15, -0.1) is 10.2 Å². The molecule has 2 aromatic heterocycles. The first-order chi connectivity index (χ1) is 16.5. The Labute approximate surface area is 196 Å². The van der Waals surface area contributed by atoms with Gasteiger partial charge in [0.2, 0.25) is 0 Å². The number of hydrogen-bond donors (Lipinski definition) is 0. The standard InChI is InChI=1S/C24H19F6N5/c1-13(25)11-34(16-9-14(8-15(26)10-16)6-7-24(2,3)22(29)30)21-19-18(5-4-17(27)20(19)28)35-12-31-33-23(35)32-21/h4-5,8-10,12-13,22H,11H2,1-3H3. The molecule has 0 amide bonds. The largest absolute Gasteiger partial charge is 0.323 e. The molecular formula is C24H19F6N5. The number of hydrogen-bond acceptors (Lipinski definition) is 4. The van der Waals surface area contributed by atoms with Crippen molar-refractivity contribution in [3.8, 4) is 11.8 Å². The molecule has 0 N–H and O–H groups in total. The molecule has 0 spiro atoms. The van der Waals surface area contributed by atoms with Crippen LogP contribution in [0.1, 0.15) is 26.3 Å². The van der Waals surface area contributed by atoms with Crippen molar-refractivity contribution in [3.05, 3.63) is 59.7 Å². The van der Waals surface area contributed by atoms with E-state index in [1.165, 1.54) is 43.6 Å². The number of anilines is 2. The fourth-order valence-electron chi connectivity index (χ4n) is 3.43. The SMILES string of the molecule is CC(F)CN(c1cc(F)cc(C#CC(C)(C)C(F)F)c1)c1nc2nncn2c2ccc(F)c(F)c12. The Balaban J connectivity index is 1.96. The van der Waals surface area contributed by atoms with Crippen LogP contribution in [0.2, 0.25) is 0 Å². The van der Waals surface area contributed by atoms with Crippen LogP contribution in [0.4, 0.5) is 37.8 Å². The zero-order chi connectivity index (χ0) is 25.5. The number of nitrogens with zero attached hydrogens (tertiary/aromatic N) is 5. The van der Waals surface area contributed by atoms with Gasteiger partial charge in [0.1, 0.15) is 24.1 Å². The molecule has 1 unspecified atom stereocenters. The Kier molecular flexibility index (Phi) is 6.32. The molecule has 2 aromatic carbocycles. The topological polar surface area (TPSA) is 46.3 Å². The van der Waals surface area contributed by atoms with E-state index in [0.717, 1.165) is 23.1 Å². The van der Waals surface area contributed by atoms with Crippen LogP contribution in [0.3, 0.4) is 0 Å². The fraction of sp³-hybridized carbons (Fsp3) is 0.292. The molecule has 5 nitrogen and oxygen atoms in total. The molecule has 35 heavy (non-hydrogen) atoms. The minimum atomic E-state index is -2.74. The molecule has 4 aromatic rings. The Bertz CT molecular complexity index is 1470. The molecule has 0 saturated heterocycles. The third-order valence-electron chi connectivity index (χ3n) is 5.25. The second-order valence-corrected chi connectivity index (χ2v) is 8.55. The van der Waals surface area contributed by atoms with E-state index in [0.29, 0.717) is 0 Å². The summed E-state index contributed by atoms with van der Waals surface area (Å²) in [5.74, 6) is 1.52. The highest BCUT2D eigenvalue weighted by Gasteiger charge is 2.27. The first-order valence-electron chi connectivity index (χ1n) is 10.5. The van der Waals surface area contributed by atoms with Crippen molar-refractivity contribution in [1.29, 1.82) is 0 Å². The van der Waals surface area contributed by atoms with Crippen molar-refractivity contribution in [2.75, 3.05) is 11.4 Å². The first kappa shape index (κ1) is 24.3. The molecule has 182 valence electrons. The van der Waals surface area contributed by atoms with Gasteiger partial charge in [-0.25, -0.2) is 26.3 Å². The lowest BCUT2D eigenvalue weighted by Gasteiger charge is -2.26. The first-order valence-corrected chi connectivity index (χ1v) is 10.5. The molecule has 0 radical (unpaired) electrons. The minimum absolute atomic E-state index is 0.00924. The van der Waals surface area contributed by atoms with E-state index in [1.807, 2.05) is 0 Å². The number of rotatable bonds is 5. The maximum atomic E-state index is 15.0. The Morgan fingerprint density at radius 2 is 1.83 bits per heavy atom. The van der Waals surface area contributed by atoms with Crippen LogP contribution in [0, 0.1) is 34.7 Å². The highest BCUT2D eigenvalue weighted by atomic mass is 19.3. The molecule has 0 aliphatic heterocycles. The van der Waals surface area contributed by atoms with Crippen LogP contribution >= 0.6 is 0 Å². The van der Waals surface area contributed by atoms with Crippen LogP contribution in [0.25, 0.3) is 16.7 Å². The van der Waals surface area contributed by atoms with Gasteiger partial charge in [-0.05, 0) is 51.1 Å². The quantitative estimate of drug-likeness (QED) is 0.260. The van der Waals surface area contributed by atoms with Gasteiger partial charge in [-0.3, -0.25) is 4.40 Å². The highest BCUT2D eigenvalue weighted by molar-refractivity contribution is 5.94. The molecule has 1 atom stereocenters. The Morgan fingerprint density at radius 3 is 2.51 bits per heavy atom. The van der Waals surface area contributed by atoms with Gasteiger partial charge in [0.25, 0.3) is 12.2 Å². The van der Waals surface area contributed by atoms with Crippen molar-refractivity contribution in [1.82, 2.24) is 19.6 Å². The maximum absolute atomic E-state index is 15.0. The Hall–Kier alpha value is -3.81. The summed E-state index contributed by atoms with van der Waals surface area (Å²) in [5, 5.41) is 7.27. The van der Waals surface area contributed by atoms with Gasteiger partial charge in [0.15, 0.2) is 11.6 Å². The smallest absolute Gasteiger partial charge is 0.257 e. The molecule has 0 saturated carbocycles. The molecule has 0 bridgehead atoms. The van der Waals surface area contributed by atoms with Crippen LogP contribution in [0.15, 0.2) is 36.7 Å². The van der Waals surface area contributed by atoms with Crippen LogP contribution in [0.5, 0.6) is 0 Å². The lowest BCUT2D eigenvalue weighted by molar-refractivity contribution is 0.0570. The van der Waals surface area contributed by atoms with Crippen LogP contribution < -0.4 is 4.90 Å². The average molecular weight is 491 g/mol. The third kappa shape index (κ3) is 4.73. The highest BCUT2D eigenvalue weighted by Crippen LogP contribution is 2.35. The summed E-state index contributed by atoms with van der Waals surface area (Å²) in [5.41, 5.74) is -1.46. The predicted molar refractivity (Wildman–Crippen MR) is 119 cm³/mol. The van der Waals surface area contributed by atoms with E-state index in [-0.39, 0.29) is 33.7 Å². The van der Waals surface area contributed by atoms with E-state index in [2.05, 4.69) is 27.0 Å².